The number of nitrogens with zero attached hydrogens (tertiary/aromatic N) is 2. The zero-order valence-electron chi connectivity index (χ0n) is 14.4. The number of hydrogen-bond donors (Lipinski definition) is 2. The third-order valence-electron chi connectivity index (χ3n) is 4.39. The molecule has 4 aromatic rings. The Morgan fingerprint density at radius 3 is 2.62 bits per heavy atom. The number of pyridine rings is 1. The van der Waals surface area contributed by atoms with E-state index in [1.54, 1.807) is 13.1 Å². The fraction of sp³-hybridized carbons (Fsp3) is 0.150. The molecule has 0 unspecified atom stereocenters. The van der Waals surface area contributed by atoms with Gasteiger partial charge in [-0.15, -0.1) is 0 Å². The van der Waals surface area contributed by atoms with Crippen molar-refractivity contribution in [3.05, 3.63) is 70.9 Å². The summed E-state index contributed by atoms with van der Waals surface area (Å²) < 4.78 is 13.9. The van der Waals surface area contributed by atoms with Crippen molar-refractivity contribution in [1.29, 1.82) is 0 Å². The molecule has 5 nitrogen and oxygen atoms in total. The Kier molecular flexibility index (Phi) is 3.88. The average molecular weight is 348 g/mol. The van der Waals surface area contributed by atoms with Crippen LogP contribution in [0.5, 0.6) is 0 Å². The van der Waals surface area contributed by atoms with Gasteiger partial charge in [-0.3, -0.25) is 9.89 Å². The Hall–Kier alpha value is -3.28. The molecule has 1 aromatic carbocycles. The van der Waals surface area contributed by atoms with Crippen LogP contribution in [0.3, 0.4) is 0 Å². The lowest BCUT2D eigenvalue weighted by molar-refractivity contribution is 0.0984. The molecule has 0 radical (unpaired) electrons. The standard InChI is InChI=1S/C20H17FN4O/c1-11-3-5-14(6-4-11)16-9-15-7-13(10-22-20(15)23-16)8-17(26)19-18(21)12(2)24-25-19/h3-7,9-10H,8H2,1-2H3,(H,22,23)(H,24,25). The summed E-state index contributed by atoms with van der Waals surface area (Å²) in [7, 11) is 0. The van der Waals surface area contributed by atoms with Crippen LogP contribution < -0.4 is 0 Å². The number of H-pyrrole nitrogens is 2. The van der Waals surface area contributed by atoms with E-state index in [4.69, 9.17) is 0 Å². The molecule has 0 saturated carbocycles. The zero-order chi connectivity index (χ0) is 18.3. The van der Waals surface area contributed by atoms with Crippen molar-refractivity contribution in [3.8, 4) is 11.3 Å². The third kappa shape index (κ3) is 2.90. The van der Waals surface area contributed by atoms with Gasteiger partial charge in [0.05, 0.1) is 5.69 Å². The highest BCUT2D eigenvalue weighted by Gasteiger charge is 2.18. The average Bonchev–Trinajstić information content (AvgIpc) is 3.19. The second-order valence-corrected chi connectivity index (χ2v) is 6.44. The number of carbonyl (C=O) groups excluding carboxylic acids is 1. The van der Waals surface area contributed by atoms with E-state index in [1.165, 1.54) is 5.56 Å². The van der Waals surface area contributed by atoms with E-state index in [1.807, 2.05) is 31.2 Å². The van der Waals surface area contributed by atoms with Crippen molar-refractivity contribution in [2.75, 3.05) is 0 Å². The second kappa shape index (κ2) is 6.22. The summed E-state index contributed by atoms with van der Waals surface area (Å²) in [4.78, 5) is 20.0. The first-order valence-electron chi connectivity index (χ1n) is 8.29. The van der Waals surface area contributed by atoms with Crippen LogP contribution >= 0.6 is 0 Å². The minimum Gasteiger partial charge on any atom is -0.339 e. The van der Waals surface area contributed by atoms with Crippen molar-refractivity contribution in [1.82, 2.24) is 20.2 Å². The number of hydrogen-bond acceptors (Lipinski definition) is 3. The van der Waals surface area contributed by atoms with Gasteiger partial charge in [-0.05, 0) is 37.1 Å². The van der Waals surface area contributed by atoms with Crippen molar-refractivity contribution >= 4 is 16.8 Å². The molecule has 3 heterocycles. The topological polar surface area (TPSA) is 74.4 Å². The molecule has 0 aliphatic heterocycles. The summed E-state index contributed by atoms with van der Waals surface area (Å²) in [5, 5.41) is 7.15. The van der Waals surface area contributed by atoms with Crippen molar-refractivity contribution in [2.45, 2.75) is 20.3 Å². The molecule has 2 N–H and O–H groups in total. The fourth-order valence-electron chi connectivity index (χ4n) is 2.92. The molecule has 0 aliphatic rings. The van der Waals surface area contributed by atoms with Gasteiger partial charge >= 0.3 is 0 Å². The molecular formula is C20H17FN4O. The summed E-state index contributed by atoms with van der Waals surface area (Å²) in [5.41, 5.74) is 4.80. The first-order chi connectivity index (χ1) is 12.5. The Labute approximate surface area is 149 Å². The highest BCUT2D eigenvalue weighted by atomic mass is 19.1. The quantitative estimate of drug-likeness (QED) is 0.545. The van der Waals surface area contributed by atoms with Gasteiger partial charge in [0.15, 0.2) is 17.3 Å². The minimum absolute atomic E-state index is 0.0508. The molecule has 0 bridgehead atoms. The monoisotopic (exact) mass is 348 g/mol. The van der Waals surface area contributed by atoms with Gasteiger partial charge in [-0.2, -0.15) is 5.10 Å². The van der Waals surface area contributed by atoms with E-state index in [0.29, 0.717) is 0 Å². The highest BCUT2D eigenvalue weighted by molar-refractivity contribution is 5.96. The van der Waals surface area contributed by atoms with Gasteiger partial charge in [0, 0.05) is 23.7 Å². The summed E-state index contributed by atoms with van der Waals surface area (Å²) >= 11 is 0. The predicted molar refractivity (Wildman–Crippen MR) is 97.6 cm³/mol. The predicted octanol–water partition coefficient (Wildman–Crippen LogP) is 4.13. The van der Waals surface area contributed by atoms with E-state index in [2.05, 4.69) is 32.3 Å². The number of Topliss-reactive ketones (excluding diaryl/α,β-unsaturated/α-hetero) is 1. The van der Waals surface area contributed by atoms with E-state index in [0.717, 1.165) is 27.9 Å². The van der Waals surface area contributed by atoms with Crippen molar-refractivity contribution < 1.29 is 9.18 Å². The maximum atomic E-state index is 13.9. The van der Waals surface area contributed by atoms with Crippen LogP contribution in [0.15, 0.2) is 42.6 Å². The Balaban J connectivity index is 1.62. The van der Waals surface area contributed by atoms with Crippen LogP contribution in [0.1, 0.15) is 27.3 Å². The molecule has 0 atom stereocenters. The van der Waals surface area contributed by atoms with Crippen molar-refractivity contribution in [3.63, 3.8) is 0 Å². The van der Waals surface area contributed by atoms with Gasteiger partial charge in [-0.25, -0.2) is 9.37 Å². The molecule has 130 valence electrons. The molecule has 0 amide bonds. The van der Waals surface area contributed by atoms with Crippen LogP contribution in [0.4, 0.5) is 4.39 Å². The van der Waals surface area contributed by atoms with Gasteiger partial charge in [0.1, 0.15) is 5.65 Å². The van der Waals surface area contributed by atoms with E-state index in [-0.39, 0.29) is 23.6 Å². The number of halogens is 1. The largest absolute Gasteiger partial charge is 0.339 e. The van der Waals surface area contributed by atoms with E-state index < -0.39 is 5.82 Å². The number of carbonyl (C=O) groups is 1. The number of aryl methyl sites for hydroxylation is 2. The maximum absolute atomic E-state index is 13.9. The SMILES string of the molecule is Cc1ccc(-c2cc3cc(CC(=O)c4n[nH]c(C)c4F)cnc3[nH]2)cc1. The summed E-state index contributed by atoms with van der Waals surface area (Å²) in [5.74, 6) is -0.963. The van der Waals surface area contributed by atoms with Gasteiger partial charge in [0.2, 0.25) is 0 Å². The lowest BCUT2D eigenvalue weighted by Gasteiger charge is -1.99. The number of fused-ring (bicyclic) bond motifs is 1. The van der Waals surface area contributed by atoms with Crippen molar-refractivity contribution in [2.24, 2.45) is 0 Å². The lowest BCUT2D eigenvalue weighted by Crippen LogP contribution is -2.06. The Morgan fingerprint density at radius 2 is 1.92 bits per heavy atom. The summed E-state index contributed by atoms with van der Waals surface area (Å²) in [6.45, 7) is 3.59. The normalized spacial score (nSPS) is 11.2. The fourth-order valence-corrected chi connectivity index (χ4v) is 2.92. The molecule has 0 saturated heterocycles. The van der Waals surface area contributed by atoms with E-state index in [9.17, 15) is 9.18 Å². The number of rotatable bonds is 4. The molecule has 4 rings (SSSR count). The number of nitrogens with one attached hydrogen (secondary N) is 2. The first kappa shape index (κ1) is 16.2. The van der Waals surface area contributed by atoms with Crippen LogP contribution in [-0.4, -0.2) is 25.9 Å². The van der Waals surface area contributed by atoms with Gasteiger partial charge < -0.3 is 4.98 Å². The molecule has 3 aromatic heterocycles. The molecule has 6 heteroatoms. The molecule has 0 fully saturated rings. The molecular weight excluding hydrogens is 331 g/mol. The number of ketones is 1. The molecule has 0 spiro atoms. The number of aromatic nitrogens is 4. The van der Waals surface area contributed by atoms with E-state index >= 15 is 0 Å². The molecule has 0 aliphatic carbocycles. The third-order valence-corrected chi connectivity index (χ3v) is 4.39. The summed E-state index contributed by atoms with van der Waals surface area (Å²) in [6.07, 6.45) is 1.68. The maximum Gasteiger partial charge on any atom is 0.190 e. The summed E-state index contributed by atoms with van der Waals surface area (Å²) in [6, 6.07) is 12.1. The van der Waals surface area contributed by atoms with Gasteiger partial charge in [0.25, 0.3) is 0 Å². The lowest BCUT2D eigenvalue weighted by atomic mass is 10.1. The minimum atomic E-state index is -0.590. The zero-order valence-corrected chi connectivity index (χ0v) is 14.4. The Bertz CT molecular complexity index is 1110. The Morgan fingerprint density at radius 1 is 1.15 bits per heavy atom. The number of benzene rings is 1. The smallest absolute Gasteiger partial charge is 0.190 e. The van der Waals surface area contributed by atoms with Crippen LogP contribution in [0.2, 0.25) is 0 Å². The first-order valence-corrected chi connectivity index (χ1v) is 8.29. The van der Waals surface area contributed by atoms with Crippen LogP contribution in [0.25, 0.3) is 22.3 Å². The van der Waals surface area contributed by atoms with Gasteiger partial charge in [-0.1, -0.05) is 29.8 Å². The van der Waals surface area contributed by atoms with Crippen LogP contribution in [-0.2, 0) is 6.42 Å². The highest BCUT2D eigenvalue weighted by Crippen LogP contribution is 2.24. The van der Waals surface area contributed by atoms with Crippen LogP contribution in [0, 0.1) is 19.7 Å². The molecule has 26 heavy (non-hydrogen) atoms. The second-order valence-electron chi connectivity index (χ2n) is 6.44. The number of aromatic amines is 2.